The van der Waals surface area contributed by atoms with Gasteiger partial charge in [-0.2, -0.15) is 5.26 Å². The molecule has 2 nitrogen and oxygen atoms in total. The Morgan fingerprint density at radius 2 is 2.06 bits per heavy atom. The second-order valence-corrected chi connectivity index (χ2v) is 5.97. The molecule has 1 aliphatic heterocycles. The van der Waals surface area contributed by atoms with E-state index in [0.29, 0.717) is 11.3 Å². The number of likely N-dealkylation sites (tertiary alicyclic amines) is 1. The third-order valence-corrected chi connectivity index (χ3v) is 4.51. The Hall–Kier alpha value is -1.33. The summed E-state index contributed by atoms with van der Waals surface area (Å²) in [5.74, 6) is 0.698. The van der Waals surface area contributed by atoms with E-state index >= 15 is 0 Å². The van der Waals surface area contributed by atoms with Crippen molar-refractivity contribution in [3.05, 3.63) is 35.9 Å². The number of rotatable bonds is 4. The first-order chi connectivity index (χ1) is 8.81. The van der Waals surface area contributed by atoms with Gasteiger partial charge in [0, 0.05) is 19.5 Å². The lowest BCUT2D eigenvalue weighted by atomic mass is 9.98. The summed E-state index contributed by atoms with van der Waals surface area (Å²) < 4.78 is 0. The van der Waals surface area contributed by atoms with Gasteiger partial charge in [-0.05, 0) is 42.7 Å². The summed E-state index contributed by atoms with van der Waals surface area (Å²) in [6.45, 7) is 3.52. The van der Waals surface area contributed by atoms with Gasteiger partial charge in [0.1, 0.15) is 0 Å². The molecule has 2 heteroatoms. The van der Waals surface area contributed by atoms with E-state index in [9.17, 15) is 0 Å². The zero-order valence-electron chi connectivity index (χ0n) is 10.8. The number of hydrogen-bond donors (Lipinski definition) is 0. The Labute approximate surface area is 109 Å². The van der Waals surface area contributed by atoms with Crippen LogP contribution in [-0.2, 0) is 0 Å². The zero-order chi connectivity index (χ0) is 12.4. The predicted molar refractivity (Wildman–Crippen MR) is 72.1 cm³/mol. The lowest BCUT2D eigenvalue weighted by Gasteiger charge is -2.21. The van der Waals surface area contributed by atoms with Gasteiger partial charge < -0.3 is 4.90 Å². The first-order valence-electron chi connectivity index (χ1n) is 6.96. The average Bonchev–Trinajstić information content (AvgIpc) is 2.99. The molecule has 0 bridgehead atoms. The molecule has 3 rings (SSSR count). The van der Waals surface area contributed by atoms with Crippen molar-refractivity contribution in [3.8, 4) is 6.07 Å². The molecule has 0 N–H and O–H groups in total. The minimum absolute atomic E-state index is 0.361. The van der Waals surface area contributed by atoms with E-state index in [1.165, 1.54) is 37.9 Å². The van der Waals surface area contributed by atoms with Gasteiger partial charge in [-0.25, -0.2) is 0 Å². The van der Waals surface area contributed by atoms with Crippen LogP contribution in [0.25, 0.3) is 0 Å². The number of nitrogens with zero attached hydrogens (tertiary/aromatic N) is 2. The number of nitriles is 1. The monoisotopic (exact) mass is 240 g/mol. The molecule has 1 aromatic rings. The second-order valence-electron chi connectivity index (χ2n) is 5.97. The van der Waals surface area contributed by atoms with Crippen LogP contribution in [-0.4, -0.2) is 24.5 Å². The standard InChI is InChI=1S/C16H20N2/c17-10-9-16(7-8-16)13-18-11-6-15(12-18)14-4-2-1-3-5-14/h1-5,15H,6-9,11-13H2. The lowest BCUT2D eigenvalue weighted by molar-refractivity contribution is 0.263. The van der Waals surface area contributed by atoms with E-state index < -0.39 is 0 Å². The van der Waals surface area contributed by atoms with Crippen molar-refractivity contribution in [2.45, 2.75) is 31.6 Å². The molecule has 1 aliphatic carbocycles. The van der Waals surface area contributed by atoms with Crippen molar-refractivity contribution >= 4 is 0 Å². The molecule has 1 atom stereocenters. The summed E-state index contributed by atoms with van der Waals surface area (Å²) in [6.07, 6.45) is 4.53. The molecule has 94 valence electrons. The summed E-state index contributed by atoms with van der Waals surface area (Å²) in [6, 6.07) is 13.2. The molecule has 1 unspecified atom stereocenters. The van der Waals surface area contributed by atoms with Crippen LogP contribution >= 0.6 is 0 Å². The van der Waals surface area contributed by atoms with Crippen molar-refractivity contribution < 1.29 is 0 Å². The van der Waals surface area contributed by atoms with Crippen LogP contribution in [0.3, 0.4) is 0 Å². The molecule has 0 radical (unpaired) electrons. The Kier molecular flexibility index (Phi) is 3.09. The second kappa shape index (κ2) is 4.74. The average molecular weight is 240 g/mol. The molecule has 0 aromatic heterocycles. The molecule has 18 heavy (non-hydrogen) atoms. The largest absolute Gasteiger partial charge is 0.302 e. The minimum atomic E-state index is 0.361. The first kappa shape index (κ1) is 11.7. The minimum Gasteiger partial charge on any atom is -0.302 e. The van der Waals surface area contributed by atoms with E-state index in [1.54, 1.807) is 0 Å². The molecule has 1 saturated carbocycles. The fourth-order valence-corrected chi connectivity index (χ4v) is 3.18. The van der Waals surface area contributed by atoms with Gasteiger partial charge in [-0.3, -0.25) is 0 Å². The molecule has 0 amide bonds. The first-order valence-corrected chi connectivity index (χ1v) is 6.96. The summed E-state index contributed by atoms with van der Waals surface area (Å²) in [7, 11) is 0. The predicted octanol–water partition coefficient (Wildman–Crippen LogP) is 3.17. The SMILES string of the molecule is N#CCC1(CN2CCC(c3ccccc3)C2)CC1. The van der Waals surface area contributed by atoms with E-state index in [0.717, 1.165) is 13.0 Å². The number of benzene rings is 1. The highest BCUT2D eigenvalue weighted by Crippen LogP contribution is 2.49. The maximum absolute atomic E-state index is 8.88. The Balaban J connectivity index is 1.58. The van der Waals surface area contributed by atoms with Gasteiger partial charge in [0.2, 0.25) is 0 Å². The molecule has 0 spiro atoms. The fourth-order valence-electron chi connectivity index (χ4n) is 3.18. The molecular formula is C16H20N2. The van der Waals surface area contributed by atoms with Crippen LogP contribution in [0.4, 0.5) is 0 Å². The molecule has 1 aromatic carbocycles. The summed E-state index contributed by atoms with van der Waals surface area (Å²) in [5, 5.41) is 8.88. The highest BCUT2D eigenvalue weighted by atomic mass is 15.2. The van der Waals surface area contributed by atoms with Gasteiger partial charge in [-0.15, -0.1) is 0 Å². The Bertz CT molecular complexity index is 442. The van der Waals surface area contributed by atoms with Crippen LogP contribution in [0.2, 0.25) is 0 Å². The van der Waals surface area contributed by atoms with Crippen LogP contribution in [0.15, 0.2) is 30.3 Å². The van der Waals surface area contributed by atoms with Gasteiger partial charge in [0.15, 0.2) is 0 Å². The summed E-state index contributed by atoms with van der Waals surface area (Å²) in [4.78, 5) is 2.57. The van der Waals surface area contributed by atoms with E-state index in [2.05, 4.69) is 41.3 Å². The van der Waals surface area contributed by atoms with E-state index in [4.69, 9.17) is 5.26 Å². The van der Waals surface area contributed by atoms with Crippen LogP contribution in [0, 0.1) is 16.7 Å². The van der Waals surface area contributed by atoms with Crippen molar-refractivity contribution in [2.24, 2.45) is 5.41 Å². The molecular weight excluding hydrogens is 220 g/mol. The topological polar surface area (TPSA) is 27.0 Å². The fraction of sp³-hybridized carbons (Fsp3) is 0.562. The molecule has 1 heterocycles. The van der Waals surface area contributed by atoms with Crippen molar-refractivity contribution in [1.82, 2.24) is 4.90 Å². The van der Waals surface area contributed by atoms with Crippen molar-refractivity contribution in [3.63, 3.8) is 0 Å². The Morgan fingerprint density at radius 1 is 1.28 bits per heavy atom. The maximum atomic E-state index is 8.88. The summed E-state index contributed by atoms with van der Waals surface area (Å²) >= 11 is 0. The zero-order valence-corrected chi connectivity index (χ0v) is 10.8. The Morgan fingerprint density at radius 3 is 2.72 bits per heavy atom. The van der Waals surface area contributed by atoms with Gasteiger partial charge in [0.25, 0.3) is 0 Å². The smallest absolute Gasteiger partial charge is 0.0628 e. The number of hydrogen-bond acceptors (Lipinski definition) is 2. The maximum Gasteiger partial charge on any atom is 0.0628 e. The van der Waals surface area contributed by atoms with Gasteiger partial charge in [-0.1, -0.05) is 30.3 Å². The van der Waals surface area contributed by atoms with Crippen LogP contribution < -0.4 is 0 Å². The van der Waals surface area contributed by atoms with E-state index in [1.807, 2.05) is 0 Å². The lowest BCUT2D eigenvalue weighted by Crippen LogP contribution is -2.28. The molecule has 2 aliphatic rings. The van der Waals surface area contributed by atoms with Gasteiger partial charge >= 0.3 is 0 Å². The van der Waals surface area contributed by atoms with E-state index in [-0.39, 0.29) is 0 Å². The van der Waals surface area contributed by atoms with Crippen molar-refractivity contribution in [2.75, 3.05) is 19.6 Å². The molecule has 2 fully saturated rings. The highest BCUT2D eigenvalue weighted by Gasteiger charge is 2.44. The third kappa shape index (κ3) is 2.42. The third-order valence-electron chi connectivity index (χ3n) is 4.51. The van der Waals surface area contributed by atoms with Crippen LogP contribution in [0.5, 0.6) is 0 Å². The summed E-state index contributed by atoms with van der Waals surface area (Å²) in [5.41, 5.74) is 1.84. The quantitative estimate of drug-likeness (QED) is 0.808. The van der Waals surface area contributed by atoms with Gasteiger partial charge in [0.05, 0.1) is 6.07 Å². The highest BCUT2D eigenvalue weighted by molar-refractivity contribution is 5.21. The molecule has 1 saturated heterocycles. The van der Waals surface area contributed by atoms with Crippen molar-refractivity contribution in [1.29, 1.82) is 5.26 Å². The van der Waals surface area contributed by atoms with Crippen LogP contribution in [0.1, 0.15) is 37.2 Å². The normalized spacial score (nSPS) is 25.8.